The molecule has 1 aliphatic carbocycles. The lowest BCUT2D eigenvalue weighted by atomic mass is 9.89. The summed E-state index contributed by atoms with van der Waals surface area (Å²) in [4.78, 5) is 11.5. The molecule has 2 rings (SSSR count). The molecule has 0 fully saturated rings. The van der Waals surface area contributed by atoms with Gasteiger partial charge in [0.05, 0.1) is 5.56 Å². The Hall–Kier alpha value is -1.03. The van der Waals surface area contributed by atoms with E-state index in [0.717, 1.165) is 12.1 Å². The van der Waals surface area contributed by atoms with Gasteiger partial charge in [-0.1, -0.05) is 11.6 Å². The lowest BCUT2D eigenvalue weighted by Crippen LogP contribution is -2.14. The minimum atomic E-state index is -4.46. The van der Waals surface area contributed by atoms with Gasteiger partial charge in [0, 0.05) is 17.0 Å². The van der Waals surface area contributed by atoms with Crippen molar-refractivity contribution >= 4 is 17.4 Å². The van der Waals surface area contributed by atoms with E-state index in [4.69, 9.17) is 11.6 Å². The zero-order valence-electron chi connectivity index (χ0n) is 8.20. The molecule has 0 radical (unpaired) electrons. The van der Waals surface area contributed by atoms with Gasteiger partial charge in [0.1, 0.15) is 0 Å². The summed E-state index contributed by atoms with van der Waals surface area (Å²) in [7, 11) is 0. The van der Waals surface area contributed by atoms with Gasteiger partial charge in [-0.25, -0.2) is 0 Å². The number of halogens is 4. The highest BCUT2D eigenvalue weighted by Crippen LogP contribution is 2.36. The Morgan fingerprint density at radius 1 is 1.19 bits per heavy atom. The number of benzene rings is 1. The molecule has 0 aliphatic heterocycles. The van der Waals surface area contributed by atoms with Gasteiger partial charge >= 0.3 is 6.18 Å². The van der Waals surface area contributed by atoms with Gasteiger partial charge in [0.15, 0.2) is 5.78 Å². The Balaban J connectivity index is 2.60. The second-order valence-electron chi connectivity index (χ2n) is 3.76. The number of fused-ring (bicyclic) bond motifs is 1. The highest BCUT2D eigenvalue weighted by molar-refractivity contribution is 6.32. The standard InChI is InChI=1S/C11H8ClF3O/c12-9-5-6(11(13,14)15)4-8-7(9)2-1-3-10(8)16/h4-5H,1-3H2. The van der Waals surface area contributed by atoms with Crippen LogP contribution in [0.1, 0.15) is 34.3 Å². The van der Waals surface area contributed by atoms with Gasteiger partial charge < -0.3 is 0 Å². The number of hydrogen-bond donors (Lipinski definition) is 0. The molecule has 5 heteroatoms. The maximum Gasteiger partial charge on any atom is 0.416 e. The molecule has 1 nitrogen and oxygen atoms in total. The molecule has 0 saturated heterocycles. The van der Waals surface area contributed by atoms with Crippen LogP contribution in [0.4, 0.5) is 13.2 Å². The Labute approximate surface area is 95.2 Å². The third-order valence-corrected chi connectivity index (χ3v) is 2.99. The quantitative estimate of drug-likeness (QED) is 0.681. The van der Waals surface area contributed by atoms with E-state index in [9.17, 15) is 18.0 Å². The molecule has 0 amide bonds. The fourth-order valence-electron chi connectivity index (χ4n) is 1.86. The summed E-state index contributed by atoms with van der Waals surface area (Å²) in [6.45, 7) is 0. The zero-order chi connectivity index (χ0) is 11.9. The topological polar surface area (TPSA) is 17.1 Å². The van der Waals surface area contributed by atoms with Gasteiger partial charge in [0.25, 0.3) is 0 Å². The molecule has 0 heterocycles. The maximum atomic E-state index is 12.5. The summed E-state index contributed by atoms with van der Waals surface area (Å²) < 4.78 is 37.5. The first kappa shape index (κ1) is 11.5. The van der Waals surface area contributed by atoms with Crippen LogP contribution in [0.15, 0.2) is 12.1 Å². The van der Waals surface area contributed by atoms with Crippen molar-refractivity contribution in [1.82, 2.24) is 0 Å². The number of ketones is 1. The highest BCUT2D eigenvalue weighted by atomic mass is 35.5. The number of hydrogen-bond acceptors (Lipinski definition) is 1. The van der Waals surface area contributed by atoms with E-state index >= 15 is 0 Å². The molecule has 86 valence electrons. The fourth-order valence-corrected chi connectivity index (χ4v) is 2.18. The van der Waals surface area contributed by atoms with E-state index in [1.54, 1.807) is 0 Å². The van der Waals surface area contributed by atoms with Crippen LogP contribution >= 0.6 is 11.6 Å². The predicted molar refractivity (Wildman–Crippen MR) is 53.7 cm³/mol. The van der Waals surface area contributed by atoms with E-state index in [1.165, 1.54) is 0 Å². The summed E-state index contributed by atoms with van der Waals surface area (Å²) >= 11 is 5.77. The maximum absolute atomic E-state index is 12.5. The summed E-state index contributed by atoms with van der Waals surface area (Å²) in [5.74, 6) is -0.255. The third kappa shape index (κ3) is 1.94. The Bertz CT molecular complexity index is 451. The molecule has 1 aromatic rings. The molecule has 0 unspecified atom stereocenters. The average Bonchev–Trinajstić information content (AvgIpc) is 2.18. The van der Waals surface area contributed by atoms with E-state index in [1.807, 2.05) is 0 Å². The molecule has 0 N–H and O–H groups in total. The lowest BCUT2D eigenvalue weighted by molar-refractivity contribution is -0.137. The summed E-state index contributed by atoms with van der Waals surface area (Å²) in [6, 6.07) is 1.79. The first-order chi connectivity index (χ1) is 7.39. The van der Waals surface area contributed by atoms with Crippen molar-refractivity contribution in [2.75, 3.05) is 0 Å². The van der Waals surface area contributed by atoms with Crippen molar-refractivity contribution in [3.8, 4) is 0 Å². The van der Waals surface area contributed by atoms with Gasteiger partial charge in [-0.05, 0) is 30.5 Å². The predicted octanol–water partition coefficient (Wildman–Crippen LogP) is 3.88. The molecule has 0 saturated carbocycles. The van der Waals surface area contributed by atoms with Gasteiger partial charge in [-0.3, -0.25) is 4.79 Å². The van der Waals surface area contributed by atoms with Crippen LogP contribution in [0.3, 0.4) is 0 Å². The molecule has 1 aromatic carbocycles. The van der Waals surface area contributed by atoms with Crippen molar-refractivity contribution in [2.24, 2.45) is 0 Å². The van der Waals surface area contributed by atoms with Crippen LogP contribution in [-0.4, -0.2) is 5.78 Å². The molecular formula is C11H8ClF3O. The van der Waals surface area contributed by atoms with Crippen LogP contribution in [0.5, 0.6) is 0 Å². The van der Waals surface area contributed by atoms with Crippen LogP contribution in [-0.2, 0) is 12.6 Å². The van der Waals surface area contributed by atoms with Crippen LogP contribution < -0.4 is 0 Å². The van der Waals surface area contributed by atoms with E-state index in [-0.39, 0.29) is 16.4 Å². The number of carbonyl (C=O) groups is 1. The SMILES string of the molecule is O=C1CCCc2c(Cl)cc(C(F)(F)F)cc21. The van der Waals surface area contributed by atoms with E-state index in [2.05, 4.69) is 0 Å². The Morgan fingerprint density at radius 2 is 1.88 bits per heavy atom. The molecule has 0 atom stereocenters. The van der Waals surface area contributed by atoms with Gasteiger partial charge in [-0.2, -0.15) is 13.2 Å². The van der Waals surface area contributed by atoms with Crippen molar-refractivity contribution in [3.63, 3.8) is 0 Å². The minimum Gasteiger partial charge on any atom is -0.294 e. The van der Waals surface area contributed by atoms with Crippen molar-refractivity contribution < 1.29 is 18.0 Å². The number of alkyl halides is 3. The highest BCUT2D eigenvalue weighted by Gasteiger charge is 2.33. The summed E-state index contributed by atoms with van der Waals surface area (Å²) in [6.07, 6.45) is -2.95. The van der Waals surface area contributed by atoms with E-state index < -0.39 is 11.7 Å². The Kier molecular flexibility index (Phi) is 2.70. The zero-order valence-corrected chi connectivity index (χ0v) is 8.95. The number of Topliss-reactive ketones (excluding diaryl/α,β-unsaturated/α-hetero) is 1. The van der Waals surface area contributed by atoms with Gasteiger partial charge in [0.2, 0.25) is 0 Å². The second kappa shape index (κ2) is 3.77. The van der Waals surface area contributed by atoms with Crippen LogP contribution in [0, 0.1) is 0 Å². The molecular weight excluding hydrogens is 241 g/mol. The van der Waals surface area contributed by atoms with Crippen molar-refractivity contribution in [2.45, 2.75) is 25.4 Å². The fraction of sp³-hybridized carbons (Fsp3) is 0.364. The van der Waals surface area contributed by atoms with Crippen molar-refractivity contribution in [1.29, 1.82) is 0 Å². The van der Waals surface area contributed by atoms with Crippen molar-refractivity contribution in [3.05, 3.63) is 33.8 Å². The molecule has 0 spiro atoms. The first-order valence-corrected chi connectivity index (χ1v) is 5.20. The minimum absolute atomic E-state index is 0.0397. The second-order valence-corrected chi connectivity index (χ2v) is 4.17. The summed E-state index contributed by atoms with van der Waals surface area (Å²) in [5.41, 5.74) is -0.177. The molecule has 16 heavy (non-hydrogen) atoms. The van der Waals surface area contributed by atoms with Crippen LogP contribution in [0.2, 0.25) is 5.02 Å². The van der Waals surface area contributed by atoms with E-state index in [0.29, 0.717) is 24.8 Å². The summed E-state index contributed by atoms with van der Waals surface area (Å²) in [5, 5.41) is 0.0397. The molecule has 0 bridgehead atoms. The lowest BCUT2D eigenvalue weighted by Gasteiger charge is -2.18. The van der Waals surface area contributed by atoms with Crippen LogP contribution in [0.25, 0.3) is 0 Å². The first-order valence-electron chi connectivity index (χ1n) is 4.82. The number of carbonyl (C=O) groups excluding carboxylic acids is 1. The third-order valence-electron chi connectivity index (χ3n) is 2.65. The molecule has 1 aliphatic rings. The monoisotopic (exact) mass is 248 g/mol. The largest absolute Gasteiger partial charge is 0.416 e. The normalized spacial score (nSPS) is 16.1. The van der Waals surface area contributed by atoms with Gasteiger partial charge in [-0.15, -0.1) is 0 Å². The Morgan fingerprint density at radius 3 is 2.50 bits per heavy atom. The smallest absolute Gasteiger partial charge is 0.294 e. The average molecular weight is 249 g/mol. The number of rotatable bonds is 0. The molecule has 0 aromatic heterocycles.